The lowest BCUT2D eigenvalue weighted by molar-refractivity contribution is 0.188. The predicted molar refractivity (Wildman–Crippen MR) is 66.5 cm³/mol. The second kappa shape index (κ2) is 4.78. The van der Waals surface area contributed by atoms with Crippen molar-refractivity contribution in [1.29, 1.82) is 0 Å². The van der Waals surface area contributed by atoms with Gasteiger partial charge < -0.3 is 9.47 Å². The van der Waals surface area contributed by atoms with Crippen molar-refractivity contribution in [1.82, 2.24) is 0 Å². The van der Waals surface area contributed by atoms with E-state index in [4.69, 9.17) is 13.7 Å². The summed E-state index contributed by atoms with van der Waals surface area (Å²) in [6, 6.07) is 3.63. The summed E-state index contributed by atoms with van der Waals surface area (Å²) in [4.78, 5) is 0. The van der Waals surface area contributed by atoms with Crippen LogP contribution in [-0.4, -0.2) is 28.4 Å². The van der Waals surface area contributed by atoms with Crippen molar-refractivity contribution < 1.29 is 22.1 Å². The third-order valence-corrected chi connectivity index (χ3v) is 4.25. The highest BCUT2D eigenvalue weighted by Gasteiger charge is 2.32. The van der Waals surface area contributed by atoms with Gasteiger partial charge in [-0.05, 0) is 30.2 Å². The molecule has 1 aromatic rings. The number of hydrogen-bond donors (Lipinski definition) is 0. The Labute approximate surface area is 107 Å². The zero-order valence-electron chi connectivity index (χ0n) is 10.6. The fourth-order valence-corrected chi connectivity index (χ4v) is 2.58. The van der Waals surface area contributed by atoms with Crippen molar-refractivity contribution >= 4 is 10.1 Å². The molecule has 18 heavy (non-hydrogen) atoms. The first-order valence-electron chi connectivity index (χ1n) is 5.66. The topological polar surface area (TPSA) is 61.8 Å². The van der Waals surface area contributed by atoms with Crippen LogP contribution in [0, 0.1) is 0 Å². The molecule has 0 spiro atoms. The van der Waals surface area contributed by atoms with Gasteiger partial charge in [-0.25, -0.2) is 0 Å². The van der Waals surface area contributed by atoms with E-state index in [1.54, 1.807) is 27.2 Å². The standard InChI is InChI=1S/C12H16O5S/c1-4-18(13,14)17-10-5-8-6-11(15-2)12(16-3)7-9(8)10/h6-7,10H,4-5H2,1-3H3. The molecule has 0 radical (unpaired) electrons. The van der Waals surface area contributed by atoms with E-state index in [0.717, 1.165) is 11.1 Å². The van der Waals surface area contributed by atoms with E-state index in [9.17, 15) is 8.42 Å². The van der Waals surface area contributed by atoms with E-state index in [0.29, 0.717) is 17.9 Å². The molecule has 0 aromatic heterocycles. The van der Waals surface area contributed by atoms with Crippen molar-refractivity contribution in [3.8, 4) is 11.5 Å². The first-order chi connectivity index (χ1) is 8.50. The van der Waals surface area contributed by atoms with Crippen LogP contribution < -0.4 is 9.47 Å². The second-order valence-electron chi connectivity index (χ2n) is 4.04. The first-order valence-corrected chi connectivity index (χ1v) is 7.24. The number of rotatable bonds is 5. The molecule has 1 aliphatic carbocycles. The average molecular weight is 272 g/mol. The van der Waals surface area contributed by atoms with Crippen molar-refractivity contribution in [2.24, 2.45) is 0 Å². The molecule has 0 amide bonds. The summed E-state index contributed by atoms with van der Waals surface area (Å²) < 4.78 is 38.3. The maximum absolute atomic E-state index is 11.4. The number of fused-ring (bicyclic) bond motifs is 1. The van der Waals surface area contributed by atoms with Crippen LogP contribution in [0.25, 0.3) is 0 Å². The molecule has 1 unspecified atom stereocenters. The molecular weight excluding hydrogens is 256 g/mol. The minimum absolute atomic E-state index is 0.0217. The number of methoxy groups -OCH3 is 2. The summed E-state index contributed by atoms with van der Waals surface area (Å²) in [7, 11) is -0.319. The summed E-state index contributed by atoms with van der Waals surface area (Å²) in [5, 5.41) is 0. The van der Waals surface area contributed by atoms with Gasteiger partial charge in [-0.3, -0.25) is 4.18 Å². The van der Waals surface area contributed by atoms with Gasteiger partial charge in [0, 0.05) is 6.42 Å². The molecule has 0 aliphatic heterocycles. The molecule has 0 heterocycles. The lowest BCUT2D eigenvalue weighted by atomic mass is 9.85. The molecule has 0 bridgehead atoms. The minimum Gasteiger partial charge on any atom is -0.493 e. The Morgan fingerprint density at radius 1 is 1.22 bits per heavy atom. The highest BCUT2D eigenvalue weighted by Crippen LogP contribution is 2.43. The molecule has 1 aromatic carbocycles. The van der Waals surface area contributed by atoms with E-state index < -0.39 is 16.2 Å². The van der Waals surface area contributed by atoms with Crippen LogP contribution >= 0.6 is 0 Å². The van der Waals surface area contributed by atoms with Crippen molar-refractivity contribution in [3.63, 3.8) is 0 Å². The van der Waals surface area contributed by atoms with Gasteiger partial charge in [0.2, 0.25) is 0 Å². The SMILES string of the molecule is CCS(=O)(=O)OC1Cc2cc(OC)c(OC)cc21. The third kappa shape index (κ3) is 2.30. The third-order valence-electron chi connectivity index (χ3n) is 3.01. The van der Waals surface area contributed by atoms with Crippen LogP contribution in [0.5, 0.6) is 11.5 Å². The van der Waals surface area contributed by atoms with Gasteiger partial charge in [0.05, 0.1) is 20.0 Å². The van der Waals surface area contributed by atoms with Crippen LogP contribution in [-0.2, 0) is 20.7 Å². The molecule has 0 fully saturated rings. The smallest absolute Gasteiger partial charge is 0.267 e. The summed E-state index contributed by atoms with van der Waals surface area (Å²) in [5.41, 5.74) is 1.88. The fraction of sp³-hybridized carbons (Fsp3) is 0.500. The van der Waals surface area contributed by atoms with E-state index >= 15 is 0 Å². The zero-order chi connectivity index (χ0) is 13.3. The summed E-state index contributed by atoms with van der Waals surface area (Å²) in [5.74, 6) is 1.21. The number of benzene rings is 1. The Morgan fingerprint density at radius 2 is 1.83 bits per heavy atom. The lowest BCUT2D eigenvalue weighted by Gasteiger charge is -2.30. The van der Waals surface area contributed by atoms with Crippen LogP contribution in [0.1, 0.15) is 24.2 Å². The van der Waals surface area contributed by atoms with Gasteiger partial charge in [-0.15, -0.1) is 0 Å². The predicted octanol–water partition coefficient (Wildman–Crippen LogP) is 1.67. The largest absolute Gasteiger partial charge is 0.493 e. The van der Waals surface area contributed by atoms with E-state index in [-0.39, 0.29) is 5.75 Å². The van der Waals surface area contributed by atoms with Crippen LogP contribution in [0.3, 0.4) is 0 Å². The molecule has 0 saturated carbocycles. The van der Waals surface area contributed by atoms with Gasteiger partial charge in [0.25, 0.3) is 10.1 Å². The summed E-state index contributed by atoms with van der Waals surface area (Å²) in [6.45, 7) is 1.56. The van der Waals surface area contributed by atoms with Crippen molar-refractivity contribution in [2.45, 2.75) is 19.4 Å². The highest BCUT2D eigenvalue weighted by molar-refractivity contribution is 7.86. The second-order valence-corrected chi connectivity index (χ2v) is 5.93. The monoisotopic (exact) mass is 272 g/mol. The number of hydrogen-bond acceptors (Lipinski definition) is 5. The molecule has 2 rings (SSSR count). The van der Waals surface area contributed by atoms with Crippen LogP contribution in [0.15, 0.2) is 12.1 Å². The van der Waals surface area contributed by atoms with Gasteiger partial charge in [-0.2, -0.15) is 8.42 Å². The Bertz CT molecular complexity index is 550. The van der Waals surface area contributed by atoms with Crippen LogP contribution in [0.2, 0.25) is 0 Å². The average Bonchev–Trinajstić information content (AvgIpc) is 2.35. The van der Waals surface area contributed by atoms with Crippen molar-refractivity contribution in [2.75, 3.05) is 20.0 Å². The molecule has 1 aliphatic rings. The van der Waals surface area contributed by atoms with Gasteiger partial charge >= 0.3 is 0 Å². The fourth-order valence-electron chi connectivity index (χ4n) is 1.92. The number of ether oxygens (including phenoxy) is 2. The van der Waals surface area contributed by atoms with Gasteiger partial charge in [0.15, 0.2) is 11.5 Å². The van der Waals surface area contributed by atoms with Crippen molar-refractivity contribution in [3.05, 3.63) is 23.3 Å². The maximum Gasteiger partial charge on any atom is 0.267 e. The molecule has 5 nitrogen and oxygen atoms in total. The Kier molecular flexibility index (Phi) is 3.49. The molecule has 100 valence electrons. The van der Waals surface area contributed by atoms with Gasteiger partial charge in [-0.1, -0.05) is 0 Å². The van der Waals surface area contributed by atoms with Crippen LogP contribution in [0.4, 0.5) is 0 Å². The highest BCUT2D eigenvalue weighted by atomic mass is 32.2. The summed E-state index contributed by atoms with van der Waals surface area (Å²) in [6.07, 6.45) is 0.180. The maximum atomic E-state index is 11.4. The molecule has 6 heteroatoms. The molecule has 1 atom stereocenters. The normalized spacial score (nSPS) is 17.8. The van der Waals surface area contributed by atoms with E-state index in [1.807, 2.05) is 6.07 Å². The zero-order valence-corrected chi connectivity index (χ0v) is 11.4. The first kappa shape index (κ1) is 13.2. The lowest BCUT2D eigenvalue weighted by Crippen LogP contribution is -2.24. The Morgan fingerprint density at radius 3 is 2.39 bits per heavy atom. The Hall–Kier alpha value is -1.27. The van der Waals surface area contributed by atoms with E-state index in [2.05, 4.69) is 0 Å². The minimum atomic E-state index is -3.43. The Balaban J connectivity index is 2.25. The molecular formula is C12H16O5S. The quantitative estimate of drug-likeness (QED) is 0.763. The summed E-state index contributed by atoms with van der Waals surface area (Å²) >= 11 is 0. The van der Waals surface area contributed by atoms with E-state index in [1.165, 1.54) is 0 Å². The molecule has 0 N–H and O–H groups in total. The van der Waals surface area contributed by atoms with Gasteiger partial charge in [0.1, 0.15) is 6.10 Å². The molecule has 0 saturated heterocycles.